The van der Waals surface area contributed by atoms with Crippen molar-refractivity contribution in [2.24, 2.45) is 0 Å². The fourth-order valence-corrected chi connectivity index (χ4v) is 1.53. The van der Waals surface area contributed by atoms with E-state index < -0.39 is 24.5 Å². The lowest BCUT2D eigenvalue weighted by Gasteiger charge is -2.12. The molecule has 0 aromatic heterocycles. The number of para-hydroxylation sites is 1. The third-order valence-corrected chi connectivity index (χ3v) is 2.43. The monoisotopic (exact) mass is 253 g/mol. The highest BCUT2D eigenvalue weighted by Crippen LogP contribution is 2.35. The highest BCUT2D eigenvalue weighted by molar-refractivity contribution is 5.99. The number of nitrogens with one attached hydrogen (secondary N) is 1. The molecule has 1 heterocycles. The van der Waals surface area contributed by atoms with Gasteiger partial charge in [0.05, 0.1) is 12.2 Å². The van der Waals surface area contributed by atoms with Crippen molar-refractivity contribution in [3.8, 4) is 11.5 Å². The van der Waals surface area contributed by atoms with Gasteiger partial charge in [0.25, 0.3) is 5.91 Å². The molecular formula is C11H11NO6. The quantitative estimate of drug-likeness (QED) is 0.673. The molecule has 96 valence electrons. The second kappa shape index (κ2) is 4.92. The van der Waals surface area contributed by atoms with Gasteiger partial charge in [-0.25, -0.2) is 4.79 Å². The summed E-state index contributed by atoms with van der Waals surface area (Å²) >= 11 is 0. The number of amides is 1. The summed E-state index contributed by atoms with van der Waals surface area (Å²) in [5, 5.41) is 19.8. The smallest absolute Gasteiger partial charge is 0.328 e. The summed E-state index contributed by atoms with van der Waals surface area (Å²) in [6, 6.07) is 3.37. The predicted octanol–water partition coefficient (Wildman–Crippen LogP) is -0.409. The topological polar surface area (TPSA) is 105 Å². The van der Waals surface area contributed by atoms with Gasteiger partial charge in [-0.05, 0) is 12.1 Å². The van der Waals surface area contributed by atoms with Crippen molar-refractivity contribution in [1.29, 1.82) is 0 Å². The minimum Gasteiger partial charge on any atom is -0.480 e. The van der Waals surface area contributed by atoms with E-state index in [0.717, 1.165) is 0 Å². The lowest BCUT2D eigenvalue weighted by molar-refractivity contribution is -0.140. The van der Waals surface area contributed by atoms with E-state index in [-0.39, 0.29) is 18.1 Å². The van der Waals surface area contributed by atoms with Crippen molar-refractivity contribution in [2.75, 3.05) is 13.4 Å². The number of carbonyl (C=O) groups excluding carboxylic acids is 1. The molecule has 0 saturated carbocycles. The van der Waals surface area contributed by atoms with Crippen molar-refractivity contribution < 1.29 is 29.3 Å². The number of aliphatic carboxylic acids is 1. The molecule has 3 N–H and O–H groups in total. The minimum absolute atomic E-state index is 0.0159. The third-order valence-electron chi connectivity index (χ3n) is 2.43. The fourth-order valence-electron chi connectivity index (χ4n) is 1.53. The lowest BCUT2D eigenvalue weighted by Crippen LogP contribution is -2.43. The Balaban J connectivity index is 2.19. The molecule has 1 aromatic rings. The molecule has 0 fully saturated rings. The molecule has 0 saturated heterocycles. The Morgan fingerprint density at radius 2 is 2.17 bits per heavy atom. The Kier molecular flexibility index (Phi) is 3.33. The summed E-state index contributed by atoms with van der Waals surface area (Å²) < 4.78 is 10.2. The number of aliphatic hydroxyl groups is 1. The first-order valence-corrected chi connectivity index (χ1v) is 5.16. The standard InChI is InChI=1S/C11H11NO6/c13-4-7(11(15)16)12-10(14)6-2-1-3-8-9(6)18-5-17-8/h1-3,7,13H,4-5H2,(H,12,14)(H,15,16). The van der Waals surface area contributed by atoms with Gasteiger partial charge in [-0.1, -0.05) is 6.07 Å². The van der Waals surface area contributed by atoms with Crippen LogP contribution in [0.25, 0.3) is 0 Å². The van der Waals surface area contributed by atoms with Crippen LogP contribution in [-0.2, 0) is 4.79 Å². The van der Waals surface area contributed by atoms with Crippen molar-refractivity contribution >= 4 is 11.9 Å². The van der Waals surface area contributed by atoms with Gasteiger partial charge < -0.3 is 25.0 Å². The highest BCUT2D eigenvalue weighted by atomic mass is 16.7. The van der Waals surface area contributed by atoms with Gasteiger partial charge in [-0.3, -0.25) is 4.79 Å². The van der Waals surface area contributed by atoms with Gasteiger partial charge in [0.1, 0.15) is 0 Å². The minimum atomic E-state index is -1.35. The summed E-state index contributed by atoms with van der Waals surface area (Å²) in [4.78, 5) is 22.6. The van der Waals surface area contributed by atoms with Gasteiger partial charge in [0.15, 0.2) is 17.5 Å². The first-order valence-electron chi connectivity index (χ1n) is 5.16. The molecule has 1 atom stereocenters. The van der Waals surface area contributed by atoms with Gasteiger partial charge >= 0.3 is 5.97 Å². The number of benzene rings is 1. The third kappa shape index (κ3) is 2.21. The SMILES string of the molecule is O=C(NC(CO)C(=O)O)c1cccc2c1OCO2. The Morgan fingerprint density at radius 1 is 1.39 bits per heavy atom. The fraction of sp³-hybridized carbons (Fsp3) is 0.273. The molecule has 0 aliphatic carbocycles. The zero-order valence-corrected chi connectivity index (χ0v) is 9.25. The summed E-state index contributed by atoms with van der Waals surface area (Å²) in [6.07, 6.45) is 0. The predicted molar refractivity (Wildman–Crippen MR) is 58.5 cm³/mol. The molecule has 1 amide bonds. The van der Waals surface area contributed by atoms with Gasteiger partial charge in [-0.15, -0.1) is 0 Å². The Bertz CT molecular complexity index is 486. The van der Waals surface area contributed by atoms with Crippen molar-refractivity contribution in [3.05, 3.63) is 23.8 Å². The normalized spacial score (nSPS) is 14.1. The summed E-state index contributed by atoms with van der Waals surface area (Å²) in [5.41, 5.74) is 0.171. The van der Waals surface area contributed by atoms with Crippen LogP contribution in [0.2, 0.25) is 0 Å². The number of fused-ring (bicyclic) bond motifs is 1. The molecule has 1 unspecified atom stereocenters. The van der Waals surface area contributed by atoms with Crippen LogP contribution < -0.4 is 14.8 Å². The van der Waals surface area contributed by atoms with Gasteiger partial charge in [0, 0.05) is 0 Å². The van der Waals surface area contributed by atoms with Crippen molar-refractivity contribution in [2.45, 2.75) is 6.04 Å². The van der Waals surface area contributed by atoms with E-state index in [1.165, 1.54) is 6.07 Å². The second-order valence-corrected chi connectivity index (χ2v) is 3.59. The Labute approximate surface area is 102 Å². The van der Waals surface area contributed by atoms with E-state index in [9.17, 15) is 9.59 Å². The van der Waals surface area contributed by atoms with E-state index >= 15 is 0 Å². The van der Waals surface area contributed by atoms with Crippen LogP contribution in [0, 0.1) is 0 Å². The largest absolute Gasteiger partial charge is 0.480 e. The molecule has 0 spiro atoms. The summed E-state index contributed by atoms with van der Waals surface area (Å²) in [6.45, 7) is -0.671. The molecule has 0 bridgehead atoms. The van der Waals surface area contributed by atoms with Crippen LogP contribution in [0.4, 0.5) is 0 Å². The molecule has 7 nitrogen and oxygen atoms in total. The first kappa shape index (κ1) is 12.2. The molecule has 18 heavy (non-hydrogen) atoms. The zero-order chi connectivity index (χ0) is 13.1. The number of carbonyl (C=O) groups is 2. The molecule has 2 rings (SSSR count). The number of carboxylic acid groups (broad SMARTS) is 1. The number of rotatable bonds is 4. The maximum Gasteiger partial charge on any atom is 0.328 e. The molecular weight excluding hydrogens is 242 g/mol. The van der Waals surface area contributed by atoms with Crippen LogP contribution in [0.1, 0.15) is 10.4 Å². The Morgan fingerprint density at radius 3 is 2.83 bits per heavy atom. The maximum atomic E-state index is 11.9. The van der Waals surface area contributed by atoms with E-state index in [0.29, 0.717) is 5.75 Å². The number of aliphatic hydroxyl groups excluding tert-OH is 1. The summed E-state index contributed by atoms with van der Waals surface area (Å²) in [5.74, 6) is -1.25. The summed E-state index contributed by atoms with van der Waals surface area (Å²) in [7, 11) is 0. The van der Waals surface area contributed by atoms with Crippen molar-refractivity contribution in [1.82, 2.24) is 5.32 Å². The Hall–Kier alpha value is -2.28. The first-order chi connectivity index (χ1) is 8.63. The van der Waals surface area contributed by atoms with Gasteiger partial charge in [0.2, 0.25) is 6.79 Å². The van der Waals surface area contributed by atoms with Crippen LogP contribution in [-0.4, -0.2) is 41.5 Å². The molecule has 1 aromatic carbocycles. The van der Waals surface area contributed by atoms with Crippen LogP contribution >= 0.6 is 0 Å². The zero-order valence-electron chi connectivity index (χ0n) is 9.25. The molecule has 0 radical (unpaired) electrons. The number of carboxylic acids is 1. The van der Waals surface area contributed by atoms with E-state index in [4.69, 9.17) is 19.7 Å². The van der Waals surface area contributed by atoms with E-state index in [1.54, 1.807) is 12.1 Å². The van der Waals surface area contributed by atoms with Crippen LogP contribution in [0.15, 0.2) is 18.2 Å². The number of hydrogen-bond acceptors (Lipinski definition) is 5. The van der Waals surface area contributed by atoms with Crippen LogP contribution in [0.5, 0.6) is 11.5 Å². The van der Waals surface area contributed by atoms with E-state index in [1.807, 2.05) is 0 Å². The van der Waals surface area contributed by atoms with E-state index in [2.05, 4.69) is 5.32 Å². The maximum absolute atomic E-state index is 11.9. The second-order valence-electron chi connectivity index (χ2n) is 3.59. The number of ether oxygens (including phenoxy) is 2. The molecule has 7 heteroatoms. The van der Waals surface area contributed by atoms with Gasteiger partial charge in [-0.2, -0.15) is 0 Å². The average molecular weight is 253 g/mol. The number of hydrogen-bond donors (Lipinski definition) is 3. The lowest BCUT2D eigenvalue weighted by atomic mass is 10.1. The average Bonchev–Trinajstić information content (AvgIpc) is 2.82. The van der Waals surface area contributed by atoms with Crippen LogP contribution in [0.3, 0.4) is 0 Å². The molecule has 1 aliphatic heterocycles. The highest BCUT2D eigenvalue weighted by Gasteiger charge is 2.25. The van der Waals surface area contributed by atoms with Crippen molar-refractivity contribution in [3.63, 3.8) is 0 Å². The molecule has 1 aliphatic rings.